The largest absolute Gasteiger partial charge is 0.350 e. The normalized spacial score (nSPS) is 14.5. The Balaban J connectivity index is 1.53. The topological polar surface area (TPSA) is 49.4 Å². The highest BCUT2D eigenvalue weighted by atomic mass is 16.2. The average molecular weight is 322 g/mol. The van der Waals surface area contributed by atoms with Crippen molar-refractivity contribution in [1.29, 1.82) is 0 Å². The Hall–Kier alpha value is -2.62. The summed E-state index contributed by atoms with van der Waals surface area (Å²) in [7, 11) is 0. The van der Waals surface area contributed by atoms with Gasteiger partial charge in [0.2, 0.25) is 5.91 Å². The molecule has 4 heteroatoms. The van der Waals surface area contributed by atoms with Gasteiger partial charge in [-0.15, -0.1) is 0 Å². The van der Waals surface area contributed by atoms with Crippen LogP contribution in [0.3, 0.4) is 0 Å². The van der Waals surface area contributed by atoms with Crippen LogP contribution >= 0.6 is 0 Å². The molecule has 0 saturated carbocycles. The molecule has 3 rings (SSSR count). The summed E-state index contributed by atoms with van der Waals surface area (Å²) < 4.78 is 0. The molecule has 24 heavy (non-hydrogen) atoms. The van der Waals surface area contributed by atoms with Gasteiger partial charge in [0, 0.05) is 31.6 Å². The predicted octanol–water partition coefficient (Wildman–Crippen LogP) is 3.10. The molecule has 2 amide bonds. The molecule has 1 N–H and O–H groups in total. The Morgan fingerprint density at radius 2 is 1.67 bits per heavy atom. The third-order valence-corrected chi connectivity index (χ3v) is 4.34. The van der Waals surface area contributed by atoms with Gasteiger partial charge in [-0.3, -0.25) is 9.59 Å². The van der Waals surface area contributed by atoms with Crippen molar-refractivity contribution < 1.29 is 9.59 Å². The maximum absolute atomic E-state index is 12.2. The second-order valence-electron chi connectivity index (χ2n) is 6.04. The van der Waals surface area contributed by atoms with E-state index in [1.807, 2.05) is 59.5 Å². The van der Waals surface area contributed by atoms with Gasteiger partial charge in [0.05, 0.1) is 0 Å². The van der Waals surface area contributed by atoms with E-state index in [4.69, 9.17) is 0 Å². The summed E-state index contributed by atoms with van der Waals surface area (Å²) >= 11 is 0. The van der Waals surface area contributed by atoms with Crippen LogP contribution in [-0.4, -0.2) is 36.3 Å². The van der Waals surface area contributed by atoms with Crippen molar-refractivity contribution >= 4 is 11.8 Å². The number of carbonyl (C=O) groups excluding carboxylic acids is 2. The molecule has 0 aliphatic carbocycles. The first-order chi connectivity index (χ1) is 11.7. The number of piperidine rings is 1. The lowest BCUT2D eigenvalue weighted by atomic mass is 10.0. The maximum atomic E-state index is 12.2. The van der Waals surface area contributed by atoms with E-state index in [9.17, 15) is 9.59 Å². The van der Waals surface area contributed by atoms with Crippen LogP contribution in [-0.2, 0) is 4.79 Å². The molecule has 1 aliphatic rings. The zero-order chi connectivity index (χ0) is 16.8. The molecule has 1 fully saturated rings. The number of nitrogens with one attached hydrogen (secondary N) is 1. The minimum absolute atomic E-state index is 0.0981. The summed E-state index contributed by atoms with van der Waals surface area (Å²) in [5.41, 5.74) is 2.86. The number of likely N-dealkylation sites (tertiary alicyclic amines) is 1. The fourth-order valence-corrected chi connectivity index (χ4v) is 2.95. The van der Waals surface area contributed by atoms with E-state index in [0.717, 1.165) is 30.5 Å². The molecule has 0 atom stereocenters. The number of hydrogen-bond acceptors (Lipinski definition) is 2. The van der Waals surface area contributed by atoms with E-state index in [1.54, 1.807) is 0 Å². The van der Waals surface area contributed by atoms with Gasteiger partial charge in [-0.05, 0) is 36.1 Å². The fourth-order valence-electron chi connectivity index (χ4n) is 2.95. The molecular formula is C20H22N2O2. The molecule has 1 saturated heterocycles. The summed E-state index contributed by atoms with van der Waals surface area (Å²) in [6, 6.07) is 17.7. The van der Waals surface area contributed by atoms with Crippen LogP contribution in [0, 0.1) is 0 Å². The Bertz CT molecular complexity index is 695. The molecule has 124 valence electrons. The monoisotopic (exact) mass is 322 g/mol. The molecule has 4 nitrogen and oxygen atoms in total. The molecule has 2 aromatic carbocycles. The standard InChI is InChI=1S/C20H22N2O2/c23-19-8-4-5-14-22(19)15-13-21-20(24)18-11-9-17(10-12-18)16-6-2-1-3-7-16/h1-3,6-7,9-12H,4-5,8,13-15H2,(H,21,24). The second-order valence-corrected chi connectivity index (χ2v) is 6.04. The molecule has 0 radical (unpaired) electrons. The van der Waals surface area contributed by atoms with Gasteiger partial charge in [-0.25, -0.2) is 0 Å². The number of rotatable bonds is 5. The van der Waals surface area contributed by atoms with Crippen LogP contribution < -0.4 is 5.32 Å². The molecule has 0 unspecified atom stereocenters. The molecule has 1 heterocycles. The van der Waals surface area contributed by atoms with Crippen molar-refractivity contribution in [2.45, 2.75) is 19.3 Å². The third-order valence-electron chi connectivity index (χ3n) is 4.34. The van der Waals surface area contributed by atoms with E-state index in [0.29, 0.717) is 25.1 Å². The van der Waals surface area contributed by atoms with Gasteiger partial charge in [-0.2, -0.15) is 0 Å². The highest BCUT2D eigenvalue weighted by Gasteiger charge is 2.17. The summed E-state index contributed by atoms with van der Waals surface area (Å²) in [5.74, 6) is 0.0989. The highest BCUT2D eigenvalue weighted by molar-refractivity contribution is 5.94. The Kier molecular flexibility index (Phi) is 5.26. The number of amides is 2. The van der Waals surface area contributed by atoms with Crippen molar-refractivity contribution in [3.63, 3.8) is 0 Å². The Labute approximate surface area is 142 Å². The van der Waals surface area contributed by atoms with Crippen molar-refractivity contribution in [2.24, 2.45) is 0 Å². The number of carbonyl (C=O) groups is 2. The lowest BCUT2D eigenvalue weighted by Gasteiger charge is -2.26. The van der Waals surface area contributed by atoms with E-state index in [1.165, 1.54) is 0 Å². The van der Waals surface area contributed by atoms with E-state index >= 15 is 0 Å². The van der Waals surface area contributed by atoms with Gasteiger partial charge < -0.3 is 10.2 Å². The molecule has 2 aromatic rings. The number of hydrogen-bond donors (Lipinski definition) is 1. The van der Waals surface area contributed by atoms with Crippen LogP contribution in [0.25, 0.3) is 11.1 Å². The van der Waals surface area contributed by atoms with Crippen molar-refractivity contribution in [3.8, 4) is 11.1 Å². The molecule has 1 aliphatic heterocycles. The summed E-state index contributed by atoms with van der Waals surface area (Å²) in [4.78, 5) is 25.8. The highest BCUT2D eigenvalue weighted by Crippen LogP contribution is 2.19. The zero-order valence-electron chi connectivity index (χ0n) is 13.7. The Morgan fingerprint density at radius 3 is 2.38 bits per heavy atom. The quantitative estimate of drug-likeness (QED) is 0.919. The average Bonchev–Trinajstić information content (AvgIpc) is 2.64. The van der Waals surface area contributed by atoms with E-state index in [-0.39, 0.29) is 11.8 Å². The van der Waals surface area contributed by atoms with Crippen LogP contribution in [0.15, 0.2) is 54.6 Å². The lowest BCUT2D eigenvalue weighted by molar-refractivity contribution is -0.133. The first-order valence-corrected chi connectivity index (χ1v) is 8.45. The fraction of sp³-hybridized carbons (Fsp3) is 0.300. The summed E-state index contributed by atoms with van der Waals surface area (Å²) in [6.07, 6.45) is 2.67. The van der Waals surface area contributed by atoms with Gasteiger partial charge in [0.15, 0.2) is 0 Å². The number of benzene rings is 2. The van der Waals surface area contributed by atoms with Crippen LogP contribution in [0.5, 0.6) is 0 Å². The van der Waals surface area contributed by atoms with Crippen molar-refractivity contribution in [2.75, 3.05) is 19.6 Å². The molecule has 0 bridgehead atoms. The van der Waals surface area contributed by atoms with Gasteiger partial charge in [-0.1, -0.05) is 42.5 Å². The second kappa shape index (κ2) is 7.77. The van der Waals surface area contributed by atoms with Gasteiger partial charge >= 0.3 is 0 Å². The van der Waals surface area contributed by atoms with E-state index in [2.05, 4.69) is 5.32 Å². The minimum Gasteiger partial charge on any atom is -0.350 e. The smallest absolute Gasteiger partial charge is 0.251 e. The van der Waals surface area contributed by atoms with Crippen molar-refractivity contribution in [1.82, 2.24) is 10.2 Å². The summed E-state index contributed by atoms with van der Waals surface area (Å²) in [6.45, 7) is 1.89. The molecule has 0 aromatic heterocycles. The minimum atomic E-state index is -0.0981. The van der Waals surface area contributed by atoms with Gasteiger partial charge in [0.1, 0.15) is 0 Å². The molecule has 0 spiro atoms. The van der Waals surface area contributed by atoms with Crippen LogP contribution in [0.4, 0.5) is 0 Å². The van der Waals surface area contributed by atoms with E-state index < -0.39 is 0 Å². The van der Waals surface area contributed by atoms with Crippen molar-refractivity contribution in [3.05, 3.63) is 60.2 Å². The summed E-state index contributed by atoms with van der Waals surface area (Å²) in [5, 5.41) is 2.89. The van der Waals surface area contributed by atoms with Crippen LogP contribution in [0.1, 0.15) is 29.6 Å². The first kappa shape index (κ1) is 16.2. The first-order valence-electron chi connectivity index (χ1n) is 8.45. The Morgan fingerprint density at radius 1 is 0.958 bits per heavy atom. The predicted molar refractivity (Wildman–Crippen MR) is 94.6 cm³/mol. The third kappa shape index (κ3) is 4.02. The lowest BCUT2D eigenvalue weighted by Crippen LogP contribution is -2.41. The van der Waals surface area contributed by atoms with Crippen LogP contribution in [0.2, 0.25) is 0 Å². The maximum Gasteiger partial charge on any atom is 0.251 e. The molecular weight excluding hydrogens is 300 g/mol. The number of nitrogens with zero attached hydrogens (tertiary/aromatic N) is 1. The van der Waals surface area contributed by atoms with Gasteiger partial charge in [0.25, 0.3) is 5.91 Å². The zero-order valence-corrected chi connectivity index (χ0v) is 13.7. The SMILES string of the molecule is O=C(NCCN1CCCCC1=O)c1ccc(-c2ccccc2)cc1.